The zero-order valence-corrected chi connectivity index (χ0v) is 15.4. The fourth-order valence-corrected chi connectivity index (χ4v) is 2.68. The number of carbonyl (C=O) groups excluding carboxylic acids is 1. The third-order valence-electron chi connectivity index (χ3n) is 3.80. The van der Waals surface area contributed by atoms with E-state index in [9.17, 15) is 4.79 Å². The van der Waals surface area contributed by atoms with Gasteiger partial charge in [0.25, 0.3) is 5.91 Å². The average molecular weight is 386 g/mol. The van der Waals surface area contributed by atoms with Crippen molar-refractivity contribution in [3.05, 3.63) is 93.7 Å². The summed E-state index contributed by atoms with van der Waals surface area (Å²) in [5.74, 6) is -0.242. The lowest BCUT2D eigenvalue weighted by Crippen LogP contribution is -2.23. The highest BCUT2D eigenvalue weighted by atomic mass is 35.5. The summed E-state index contributed by atoms with van der Waals surface area (Å²) in [6, 6.07) is 18.5. The first-order chi connectivity index (χ1) is 12.6. The van der Waals surface area contributed by atoms with Crippen LogP contribution in [0.2, 0.25) is 10.0 Å². The standard InChI is InChI=1S/C20H17Cl2N3O/c21-16-7-5-14(6-8-16)11-23-17-9-10-19(24-13-17)20(26)25-12-15-3-1-2-4-18(15)22/h1-10,13,23H,11-12H2,(H,25,26). The molecule has 0 spiro atoms. The molecule has 26 heavy (non-hydrogen) atoms. The fraction of sp³-hybridized carbons (Fsp3) is 0.100. The van der Waals surface area contributed by atoms with E-state index in [2.05, 4.69) is 15.6 Å². The van der Waals surface area contributed by atoms with E-state index in [0.29, 0.717) is 28.8 Å². The topological polar surface area (TPSA) is 54.0 Å². The monoisotopic (exact) mass is 385 g/mol. The van der Waals surface area contributed by atoms with Crippen LogP contribution in [-0.2, 0) is 13.1 Å². The van der Waals surface area contributed by atoms with E-state index in [1.165, 1.54) is 0 Å². The Morgan fingerprint density at radius 2 is 1.69 bits per heavy atom. The summed E-state index contributed by atoms with van der Waals surface area (Å²) in [6.07, 6.45) is 1.64. The van der Waals surface area contributed by atoms with Gasteiger partial charge in [0.2, 0.25) is 0 Å². The lowest BCUT2D eigenvalue weighted by Gasteiger charge is -2.08. The minimum absolute atomic E-state index is 0.242. The molecule has 0 aliphatic rings. The van der Waals surface area contributed by atoms with Gasteiger partial charge in [-0.25, -0.2) is 4.98 Å². The zero-order chi connectivity index (χ0) is 18.4. The van der Waals surface area contributed by atoms with Gasteiger partial charge < -0.3 is 10.6 Å². The molecule has 0 aliphatic carbocycles. The van der Waals surface area contributed by atoms with Crippen LogP contribution in [0.5, 0.6) is 0 Å². The van der Waals surface area contributed by atoms with E-state index in [-0.39, 0.29) is 5.91 Å². The number of rotatable bonds is 6. The van der Waals surface area contributed by atoms with E-state index in [4.69, 9.17) is 23.2 Å². The van der Waals surface area contributed by atoms with Crippen LogP contribution in [0.25, 0.3) is 0 Å². The van der Waals surface area contributed by atoms with Crippen molar-refractivity contribution in [2.45, 2.75) is 13.1 Å². The Morgan fingerprint density at radius 3 is 2.38 bits per heavy atom. The van der Waals surface area contributed by atoms with Crippen LogP contribution in [-0.4, -0.2) is 10.9 Å². The van der Waals surface area contributed by atoms with Crippen molar-refractivity contribution in [3.8, 4) is 0 Å². The Hall–Kier alpha value is -2.56. The lowest BCUT2D eigenvalue weighted by molar-refractivity contribution is 0.0946. The van der Waals surface area contributed by atoms with Crippen molar-refractivity contribution < 1.29 is 4.79 Å². The fourth-order valence-electron chi connectivity index (χ4n) is 2.35. The van der Waals surface area contributed by atoms with Crippen molar-refractivity contribution in [2.75, 3.05) is 5.32 Å². The summed E-state index contributed by atoms with van der Waals surface area (Å²) in [5.41, 5.74) is 3.16. The number of halogens is 2. The highest BCUT2D eigenvalue weighted by molar-refractivity contribution is 6.31. The molecule has 0 radical (unpaired) electrons. The maximum atomic E-state index is 12.2. The molecule has 1 heterocycles. The third kappa shape index (κ3) is 4.97. The number of benzene rings is 2. The summed E-state index contributed by atoms with van der Waals surface area (Å²) in [6.45, 7) is 1.01. The lowest BCUT2D eigenvalue weighted by atomic mass is 10.2. The minimum Gasteiger partial charge on any atom is -0.380 e. The number of amides is 1. The van der Waals surface area contributed by atoms with Gasteiger partial charge in [-0.05, 0) is 41.5 Å². The molecule has 6 heteroatoms. The molecule has 0 atom stereocenters. The number of anilines is 1. The van der Waals surface area contributed by atoms with Gasteiger partial charge in [0.05, 0.1) is 11.9 Å². The molecule has 3 aromatic rings. The van der Waals surface area contributed by atoms with Crippen LogP contribution in [0.15, 0.2) is 66.9 Å². The molecule has 1 amide bonds. The molecule has 4 nitrogen and oxygen atoms in total. The van der Waals surface area contributed by atoms with Crippen LogP contribution < -0.4 is 10.6 Å². The Bertz CT molecular complexity index is 880. The summed E-state index contributed by atoms with van der Waals surface area (Å²) in [7, 11) is 0. The highest BCUT2D eigenvalue weighted by Crippen LogP contribution is 2.15. The van der Waals surface area contributed by atoms with E-state index < -0.39 is 0 Å². The van der Waals surface area contributed by atoms with E-state index in [0.717, 1.165) is 16.8 Å². The first-order valence-electron chi connectivity index (χ1n) is 8.08. The maximum Gasteiger partial charge on any atom is 0.270 e. The van der Waals surface area contributed by atoms with Gasteiger partial charge in [0, 0.05) is 23.1 Å². The molecule has 1 aromatic heterocycles. The largest absolute Gasteiger partial charge is 0.380 e. The van der Waals surface area contributed by atoms with E-state index >= 15 is 0 Å². The maximum absolute atomic E-state index is 12.2. The average Bonchev–Trinajstić information content (AvgIpc) is 2.67. The first kappa shape index (κ1) is 18.2. The number of hydrogen-bond donors (Lipinski definition) is 2. The molecule has 132 valence electrons. The molecular weight excluding hydrogens is 369 g/mol. The summed E-state index contributed by atoms with van der Waals surface area (Å²) < 4.78 is 0. The molecule has 2 aromatic carbocycles. The molecule has 0 bridgehead atoms. The van der Waals surface area contributed by atoms with Crippen molar-refractivity contribution >= 4 is 34.8 Å². The van der Waals surface area contributed by atoms with Gasteiger partial charge in [-0.1, -0.05) is 53.5 Å². The van der Waals surface area contributed by atoms with Crippen LogP contribution in [0.4, 0.5) is 5.69 Å². The Balaban J connectivity index is 1.54. The molecule has 0 unspecified atom stereocenters. The molecule has 3 rings (SSSR count). The second-order valence-corrected chi connectivity index (χ2v) is 6.53. The molecule has 2 N–H and O–H groups in total. The minimum atomic E-state index is -0.242. The van der Waals surface area contributed by atoms with Crippen molar-refractivity contribution in [1.29, 1.82) is 0 Å². The SMILES string of the molecule is O=C(NCc1ccccc1Cl)c1ccc(NCc2ccc(Cl)cc2)cn1. The van der Waals surface area contributed by atoms with Gasteiger partial charge in [-0.3, -0.25) is 4.79 Å². The first-order valence-corrected chi connectivity index (χ1v) is 8.83. The summed E-state index contributed by atoms with van der Waals surface area (Å²) in [4.78, 5) is 16.4. The van der Waals surface area contributed by atoms with Crippen LogP contribution >= 0.6 is 23.2 Å². The number of nitrogens with one attached hydrogen (secondary N) is 2. The second kappa shape index (κ2) is 8.70. The number of aromatic nitrogens is 1. The number of hydrogen-bond acceptors (Lipinski definition) is 3. The van der Waals surface area contributed by atoms with Crippen molar-refractivity contribution in [2.24, 2.45) is 0 Å². The van der Waals surface area contributed by atoms with Gasteiger partial charge >= 0.3 is 0 Å². The van der Waals surface area contributed by atoms with Crippen LogP contribution in [0, 0.1) is 0 Å². The number of pyridine rings is 1. The van der Waals surface area contributed by atoms with E-state index in [1.807, 2.05) is 48.5 Å². The van der Waals surface area contributed by atoms with E-state index in [1.54, 1.807) is 18.3 Å². The number of nitrogens with zero attached hydrogens (tertiary/aromatic N) is 1. The van der Waals surface area contributed by atoms with Crippen molar-refractivity contribution in [3.63, 3.8) is 0 Å². The van der Waals surface area contributed by atoms with Gasteiger partial charge in [0.15, 0.2) is 0 Å². The Kier molecular flexibility index (Phi) is 6.10. The van der Waals surface area contributed by atoms with Gasteiger partial charge in [-0.2, -0.15) is 0 Å². The second-order valence-electron chi connectivity index (χ2n) is 5.69. The predicted octanol–water partition coefficient (Wildman–Crippen LogP) is 4.93. The third-order valence-corrected chi connectivity index (χ3v) is 4.42. The Labute approximate surface area is 162 Å². The quantitative estimate of drug-likeness (QED) is 0.632. The molecule has 0 saturated heterocycles. The van der Waals surface area contributed by atoms with Gasteiger partial charge in [0.1, 0.15) is 5.69 Å². The Morgan fingerprint density at radius 1 is 0.923 bits per heavy atom. The van der Waals surface area contributed by atoms with Crippen LogP contribution in [0.3, 0.4) is 0 Å². The molecular formula is C20H17Cl2N3O. The molecule has 0 fully saturated rings. The highest BCUT2D eigenvalue weighted by Gasteiger charge is 2.08. The van der Waals surface area contributed by atoms with Gasteiger partial charge in [-0.15, -0.1) is 0 Å². The van der Waals surface area contributed by atoms with Crippen molar-refractivity contribution in [1.82, 2.24) is 10.3 Å². The number of carbonyl (C=O) groups is 1. The van der Waals surface area contributed by atoms with Crippen LogP contribution in [0.1, 0.15) is 21.6 Å². The molecule has 0 aliphatic heterocycles. The normalized spacial score (nSPS) is 10.4. The zero-order valence-electron chi connectivity index (χ0n) is 13.9. The summed E-state index contributed by atoms with van der Waals surface area (Å²) in [5, 5.41) is 7.42. The summed E-state index contributed by atoms with van der Waals surface area (Å²) >= 11 is 12.0. The predicted molar refractivity (Wildman–Crippen MR) is 106 cm³/mol. The smallest absolute Gasteiger partial charge is 0.270 e. The molecule has 0 saturated carbocycles.